The number of halogens is 1. The molecule has 2 heterocycles. The van der Waals surface area contributed by atoms with Crippen LogP contribution in [0.3, 0.4) is 0 Å². The highest BCUT2D eigenvalue weighted by Gasteiger charge is 2.32. The van der Waals surface area contributed by atoms with E-state index in [0.29, 0.717) is 18.8 Å². The summed E-state index contributed by atoms with van der Waals surface area (Å²) in [4.78, 5) is 15.8. The van der Waals surface area contributed by atoms with E-state index in [0.717, 1.165) is 49.7 Å². The van der Waals surface area contributed by atoms with Crippen molar-refractivity contribution in [2.24, 2.45) is 0 Å². The predicted octanol–water partition coefficient (Wildman–Crippen LogP) is 4.40. The van der Waals surface area contributed by atoms with Gasteiger partial charge in [-0.25, -0.2) is 3.93 Å². The number of para-hydroxylation sites is 1. The number of phenolic OH excluding ortho intramolecular Hbond substituents is 1. The van der Waals surface area contributed by atoms with Gasteiger partial charge in [-0.05, 0) is 51.7 Å². The lowest BCUT2D eigenvalue weighted by Crippen LogP contribution is -2.51. The van der Waals surface area contributed by atoms with Gasteiger partial charge in [0.2, 0.25) is 0 Å². The highest BCUT2D eigenvalue weighted by Crippen LogP contribution is 2.31. The Balaban J connectivity index is 1.97. The fraction of sp³-hybridized carbons (Fsp3) is 0.591. The van der Waals surface area contributed by atoms with Crippen LogP contribution in [-0.4, -0.2) is 63.3 Å². The number of carbonyl (C=O) groups is 1. The fourth-order valence-electron chi connectivity index (χ4n) is 4.32. The Hall–Kier alpha value is -1.57. The molecule has 1 aliphatic rings. The number of nitrogens with zero attached hydrogens (tertiary/aromatic N) is 3. The molecule has 1 amide bonds. The maximum atomic E-state index is 13.7. The Morgan fingerprint density at radius 1 is 1.38 bits per heavy atom. The van der Waals surface area contributed by atoms with Crippen LogP contribution < -0.4 is 0 Å². The van der Waals surface area contributed by atoms with Gasteiger partial charge in [0.25, 0.3) is 5.91 Å². The minimum absolute atomic E-state index is 0.0372. The number of aromatic nitrogens is 1. The summed E-state index contributed by atoms with van der Waals surface area (Å²) in [6, 6.07) is 7.66. The van der Waals surface area contributed by atoms with E-state index in [4.69, 9.17) is 4.74 Å². The van der Waals surface area contributed by atoms with E-state index in [9.17, 15) is 9.90 Å². The highest BCUT2D eigenvalue weighted by atomic mass is 79.9. The third-order valence-electron chi connectivity index (χ3n) is 5.63. The second-order valence-corrected chi connectivity index (χ2v) is 9.07. The zero-order valence-electron chi connectivity index (χ0n) is 17.6. The molecule has 1 fully saturated rings. The largest absolute Gasteiger partial charge is 0.506 e. The molecule has 29 heavy (non-hydrogen) atoms. The topological polar surface area (TPSA) is 57.9 Å². The van der Waals surface area contributed by atoms with Crippen LogP contribution in [0.1, 0.15) is 50.0 Å². The first-order valence-corrected chi connectivity index (χ1v) is 11.2. The number of amides is 1. The van der Waals surface area contributed by atoms with E-state index in [1.165, 1.54) is 0 Å². The summed E-state index contributed by atoms with van der Waals surface area (Å²) in [6.07, 6.45) is 3.86. The number of piperidine rings is 1. The summed E-state index contributed by atoms with van der Waals surface area (Å²) in [5, 5.41) is 11.4. The average Bonchev–Trinajstić information content (AvgIpc) is 3.05. The van der Waals surface area contributed by atoms with Gasteiger partial charge < -0.3 is 19.3 Å². The molecule has 1 aliphatic heterocycles. The van der Waals surface area contributed by atoms with E-state index in [-0.39, 0.29) is 23.7 Å². The molecule has 0 aliphatic carbocycles. The van der Waals surface area contributed by atoms with Gasteiger partial charge in [-0.1, -0.05) is 12.1 Å². The summed E-state index contributed by atoms with van der Waals surface area (Å²) in [6.45, 7) is 7.35. The molecule has 0 unspecified atom stereocenters. The SMILES string of the molecule is COCCCCn1c(C(=O)N(C(C)C)[C@@H]2CCCN(Br)C2)cc2cccc(O)c21. The number of fused-ring (bicyclic) bond motifs is 1. The van der Waals surface area contributed by atoms with Crippen molar-refractivity contribution in [2.45, 2.75) is 58.2 Å². The first kappa shape index (κ1) is 22.1. The third-order valence-corrected chi connectivity index (χ3v) is 6.27. The van der Waals surface area contributed by atoms with Gasteiger partial charge in [0.1, 0.15) is 11.4 Å². The molecule has 1 atom stereocenters. The van der Waals surface area contributed by atoms with Crippen LogP contribution in [-0.2, 0) is 11.3 Å². The second kappa shape index (κ2) is 9.96. The molecule has 2 aromatic rings. The van der Waals surface area contributed by atoms with Crippen molar-refractivity contribution in [3.8, 4) is 5.75 Å². The number of aryl methyl sites for hydroxylation is 1. The Labute approximate surface area is 181 Å². The molecule has 0 spiro atoms. The van der Waals surface area contributed by atoms with Gasteiger partial charge in [0, 0.05) is 67.0 Å². The minimum Gasteiger partial charge on any atom is -0.506 e. The number of benzene rings is 1. The Bertz CT molecular complexity index is 836. The number of rotatable bonds is 8. The molecule has 0 radical (unpaired) electrons. The van der Waals surface area contributed by atoms with Crippen molar-refractivity contribution >= 4 is 33.0 Å². The molecule has 3 rings (SSSR count). The third kappa shape index (κ3) is 4.95. The normalized spacial score (nSPS) is 17.9. The van der Waals surface area contributed by atoms with Crippen molar-refractivity contribution in [1.29, 1.82) is 0 Å². The molecule has 1 aromatic heterocycles. The summed E-state index contributed by atoms with van der Waals surface area (Å²) < 4.78 is 9.28. The molecule has 1 N–H and O–H groups in total. The molecule has 0 bridgehead atoms. The van der Waals surface area contributed by atoms with Crippen LogP contribution in [0.4, 0.5) is 0 Å². The quantitative estimate of drug-likeness (QED) is 0.463. The van der Waals surface area contributed by atoms with Crippen LogP contribution in [0.5, 0.6) is 5.75 Å². The maximum absolute atomic E-state index is 13.7. The summed E-state index contributed by atoms with van der Waals surface area (Å²) >= 11 is 3.60. The van der Waals surface area contributed by atoms with Crippen LogP contribution >= 0.6 is 16.1 Å². The van der Waals surface area contributed by atoms with Crippen LogP contribution in [0, 0.1) is 0 Å². The summed E-state index contributed by atoms with van der Waals surface area (Å²) in [7, 11) is 1.70. The van der Waals surface area contributed by atoms with Crippen molar-refractivity contribution in [1.82, 2.24) is 13.4 Å². The van der Waals surface area contributed by atoms with Crippen molar-refractivity contribution < 1.29 is 14.6 Å². The average molecular weight is 466 g/mol. The molecule has 0 saturated carbocycles. The minimum atomic E-state index is 0.0372. The first-order valence-electron chi connectivity index (χ1n) is 10.5. The Kier molecular flexibility index (Phi) is 7.60. The number of unbranched alkanes of at least 4 members (excludes halogenated alkanes) is 1. The van der Waals surface area contributed by atoms with Crippen molar-refractivity contribution in [3.63, 3.8) is 0 Å². The van der Waals surface area contributed by atoms with Crippen LogP contribution in [0.25, 0.3) is 10.9 Å². The number of hydrogen-bond acceptors (Lipinski definition) is 4. The van der Waals surface area contributed by atoms with E-state index in [2.05, 4.69) is 33.9 Å². The van der Waals surface area contributed by atoms with Gasteiger partial charge in [-0.2, -0.15) is 0 Å². The molecule has 1 saturated heterocycles. The molecular weight excluding hydrogens is 434 g/mol. The van der Waals surface area contributed by atoms with Crippen molar-refractivity contribution in [3.05, 3.63) is 30.0 Å². The second-order valence-electron chi connectivity index (χ2n) is 8.07. The van der Waals surface area contributed by atoms with Crippen LogP contribution in [0.15, 0.2) is 24.3 Å². The summed E-state index contributed by atoms with van der Waals surface area (Å²) in [5.41, 5.74) is 1.39. The van der Waals surface area contributed by atoms with E-state index in [1.807, 2.05) is 27.7 Å². The highest BCUT2D eigenvalue weighted by molar-refractivity contribution is 9.07. The number of aromatic hydroxyl groups is 1. The number of ether oxygens (including phenoxy) is 1. The predicted molar refractivity (Wildman–Crippen MR) is 120 cm³/mol. The van der Waals surface area contributed by atoms with E-state index < -0.39 is 0 Å². The van der Waals surface area contributed by atoms with E-state index >= 15 is 0 Å². The summed E-state index contributed by atoms with van der Waals surface area (Å²) in [5.74, 6) is 0.254. The molecule has 1 aromatic carbocycles. The lowest BCUT2D eigenvalue weighted by molar-refractivity contribution is 0.0527. The standard InChI is InChI=1S/C22H32BrN3O3/c1-16(2)26(18-9-7-11-24(23)15-18)22(28)19-14-17-8-6-10-20(27)21(17)25(19)12-4-5-13-29-3/h6,8,10,14,16,18,27H,4-5,7,9,11-13,15H2,1-3H3/t18-/m1/s1. The van der Waals surface area contributed by atoms with Gasteiger partial charge in [-0.15, -0.1) is 0 Å². The lowest BCUT2D eigenvalue weighted by Gasteiger charge is -2.39. The maximum Gasteiger partial charge on any atom is 0.271 e. The van der Waals surface area contributed by atoms with Crippen molar-refractivity contribution in [2.75, 3.05) is 26.8 Å². The van der Waals surface area contributed by atoms with Crippen LogP contribution in [0.2, 0.25) is 0 Å². The van der Waals surface area contributed by atoms with E-state index in [1.54, 1.807) is 13.2 Å². The zero-order valence-corrected chi connectivity index (χ0v) is 19.2. The monoisotopic (exact) mass is 465 g/mol. The molecule has 7 heteroatoms. The first-order chi connectivity index (χ1) is 13.9. The smallest absolute Gasteiger partial charge is 0.271 e. The molecule has 6 nitrogen and oxygen atoms in total. The molecule has 160 valence electrons. The molecular formula is C22H32BrN3O3. The zero-order chi connectivity index (χ0) is 21.0. The Morgan fingerprint density at radius 3 is 2.86 bits per heavy atom. The number of hydrogen-bond donors (Lipinski definition) is 1. The van der Waals surface area contributed by atoms with Gasteiger partial charge >= 0.3 is 0 Å². The number of methoxy groups -OCH3 is 1. The Morgan fingerprint density at radius 2 is 2.17 bits per heavy atom. The fourth-order valence-corrected chi connectivity index (χ4v) is 4.91. The van der Waals surface area contributed by atoms with Gasteiger partial charge in [-0.3, -0.25) is 4.79 Å². The number of phenols is 1. The van der Waals surface area contributed by atoms with Gasteiger partial charge in [0.05, 0.1) is 5.52 Å². The lowest BCUT2D eigenvalue weighted by atomic mass is 10.0. The number of carbonyl (C=O) groups excluding carboxylic acids is 1. The van der Waals surface area contributed by atoms with Gasteiger partial charge in [0.15, 0.2) is 0 Å².